The molecule has 4 rings (SSSR count). The molecule has 0 spiro atoms. The van der Waals surface area contributed by atoms with Crippen molar-refractivity contribution in [1.29, 1.82) is 0 Å². The quantitative estimate of drug-likeness (QED) is 0.613. The molecule has 10 heteroatoms. The van der Waals surface area contributed by atoms with E-state index < -0.39 is 17.1 Å². The standard InChI is InChI=1S/C16H12BF3N4OS/c1-8-10-4-13(16(18,19)20)26-12(10)2-3-23(8)15(25)11-5-14-21-6-9(17)7-24(14)22-11/h4-8H,2-3H2,1H3. The Morgan fingerprint density at radius 3 is 2.88 bits per heavy atom. The van der Waals surface area contributed by atoms with Gasteiger partial charge in [0.15, 0.2) is 11.3 Å². The van der Waals surface area contributed by atoms with Crippen LogP contribution in [0.2, 0.25) is 0 Å². The van der Waals surface area contributed by atoms with Crippen LogP contribution in [0.25, 0.3) is 5.65 Å². The van der Waals surface area contributed by atoms with Crippen molar-refractivity contribution in [2.24, 2.45) is 0 Å². The third-order valence-electron chi connectivity index (χ3n) is 4.43. The highest BCUT2D eigenvalue weighted by Gasteiger charge is 2.37. The fraction of sp³-hybridized carbons (Fsp3) is 0.312. The van der Waals surface area contributed by atoms with Crippen LogP contribution in [0.15, 0.2) is 24.5 Å². The number of aromatic nitrogens is 3. The molecule has 1 amide bonds. The maximum absolute atomic E-state index is 13.0. The topological polar surface area (TPSA) is 50.5 Å². The van der Waals surface area contributed by atoms with Gasteiger partial charge in [0.05, 0.1) is 6.04 Å². The molecule has 1 unspecified atom stereocenters. The van der Waals surface area contributed by atoms with Crippen molar-refractivity contribution in [3.05, 3.63) is 45.5 Å². The lowest BCUT2D eigenvalue weighted by Gasteiger charge is -2.33. The van der Waals surface area contributed by atoms with Gasteiger partial charge in [-0.15, -0.1) is 11.3 Å². The number of nitrogens with zero attached hydrogens (tertiary/aromatic N) is 4. The van der Waals surface area contributed by atoms with Crippen LogP contribution < -0.4 is 5.46 Å². The molecule has 4 heterocycles. The molecule has 132 valence electrons. The Bertz CT molecular complexity index is 1010. The Balaban J connectivity index is 1.65. The molecule has 1 atom stereocenters. The minimum Gasteiger partial charge on any atom is -0.330 e. The van der Waals surface area contributed by atoms with Gasteiger partial charge in [-0.25, -0.2) is 9.50 Å². The Kier molecular flexibility index (Phi) is 3.83. The molecule has 0 bridgehead atoms. The minimum absolute atomic E-state index is 0.185. The van der Waals surface area contributed by atoms with E-state index in [1.54, 1.807) is 24.1 Å². The number of carbonyl (C=O) groups excluding carboxylic acids is 1. The highest BCUT2D eigenvalue weighted by Crippen LogP contribution is 2.42. The van der Waals surface area contributed by atoms with E-state index >= 15 is 0 Å². The van der Waals surface area contributed by atoms with E-state index in [4.69, 9.17) is 7.85 Å². The number of fused-ring (bicyclic) bond motifs is 2. The third kappa shape index (κ3) is 2.78. The number of hydrogen-bond acceptors (Lipinski definition) is 4. The molecule has 0 aliphatic carbocycles. The zero-order valence-corrected chi connectivity index (χ0v) is 14.4. The zero-order valence-electron chi connectivity index (χ0n) is 13.6. The van der Waals surface area contributed by atoms with Crippen molar-refractivity contribution in [2.75, 3.05) is 6.54 Å². The number of thiophene rings is 1. The monoisotopic (exact) mass is 376 g/mol. The number of halogens is 3. The van der Waals surface area contributed by atoms with Gasteiger partial charge in [0, 0.05) is 29.9 Å². The van der Waals surface area contributed by atoms with Crippen molar-refractivity contribution >= 4 is 36.2 Å². The normalized spacial score (nSPS) is 17.5. The molecule has 3 aromatic heterocycles. The lowest BCUT2D eigenvalue weighted by Crippen LogP contribution is -2.38. The van der Waals surface area contributed by atoms with E-state index in [-0.39, 0.29) is 11.6 Å². The molecule has 0 N–H and O–H groups in total. The van der Waals surface area contributed by atoms with Gasteiger partial charge in [-0.05, 0) is 25.0 Å². The summed E-state index contributed by atoms with van der Waals surface area (Å²) in [4.78, 5) is 18.5. The summed E-state index contributed by atoms with van der Waals surface area (Å²) in [7, 11) is 5.66. The van der Waals surface area contributed by atoms with Gasteiger partial charge in [0.25, 0.3) is 5.91 Å². The summed E-state index contributed by atoms with van der Waals surface area (Å²) in [5, 5.41) is 4.19. The summed E-state index contributed by atoms with van der Waals surface area (Å²) in [6.45, 7) is 2.07. The van der Waals surface area contributed by atoms with Gasteiger partial charge in [0.1, 0.15) is 12.7 Å². The van der Waals surface area contributed by atoms with Crippen molar-refractivity contribution in [2.45, 2.75) is 25.6 Å². The van der Waals surface area contributed by atoms with Crippen LogP contribution in [0.4, 0.5) is 13.2 Å². The predicted molar refractivity (Wildman–Crippen MR) is 90.9 cm³/mol. The second-order valence-corrected chi connectivity index (χ2v) is 7.27. The maximum Gasteiger partial charge on any atom is 0.425 e. The van der Waals surface area contributed by atoms with Crippen molar-refractivity contribution in [1.82, 2.24) is 19.5 Å². The first kappa shape index (κ1) is 17.1. The molecule has 5 nitrogen and oxygen atoms in total. The second kappa shape index (κ2) is 5.83. The first-order valence-corrected chi connectivity index (χ1v) is 8.67. The van der Waals surface area contributed by atoms with Gasteiger partial charge in [-0.3, -0.25) is 4.79 Å². The van der Waals surface area contributed by atoms with Gasteiger partial charge in [-0.2, -0.15) is 18.3 Å². The van der Waals surface area contributed by atoms with Crippen LogP contribution in [-0.2, 0) is 12.6 Å². The Morgan fingerprint density at radius 1 is 1.38 bits per heavy atom. The summed E-state index contributed by atoms with van der Waals surface area (Å²) in [5.41, 5.74) is 1.62. The molecule has 0 saturated heterocycles. The highest BCUT2D eigenvalue weighted by molar-refractivity contribution is 7.12. The molecule has 3 aromatic rings. The number of hydrogen-bond donors (Lipinski definition) is 0. The Labute approximate surface area is 151 Å². The smallest absolute Gasteiger partial charge is 0.330 e. The Morgan fingerprint density at radius 2 is 2.15 bits per heavy atom. The molecule has 1 aliphatic rings. The summed E-state index contributed by atoms with van der Waals surface area (Å²) in [6, 6.07) is 2.23. The average Bonchev–Trinajstić information content (AvgIpc) is 3.18. The Hall–Kier alpha value is -2.36. The molecule has 26 heavy (non-hydrogen) atoms. The van der Waals surface area contributed by atoms with E-state index in [1.165, 1.54) is 10.7 Å². The van der Waals surface area contributed by atoms with E-state index in [1.807, 2.05) is 0 Å². The average molecular weight is 376 g/mol. The van der Waals surface area contributed by atoms with Crippen LogP contribution >= 0.6 is 11.3 Å². The molecule has 0 aromatic carbocycles. The third-order valence-corrected chi connectivity index (χ3v) is 5.69. The summed E-state index contributed by atoms with van der Waals surface area (Å²) in [5.74, 6) is -0.341. The summed E-state index contributed by atoms with van der Waals surface area (Å²) in [6.07, 6.45) is -0.967. The molecule has 0 fully saturated rings. The SMILES string of the molecule is [B]c1cnc2cc(C(=O)N3CCc4sc(C(F)(F)F)cc4C3C)nn2c1. The van der Waals surface area contributed by atoms with Crippen LogP contribution in [0.3, 0.4) is 0 Å². The van der Waals surface area contributed by atoms with Crippen molar-refractivity contribution < 1.29 is 18.0 Å². The lowest BCUT2D eigenvalue weighted by molar-refractivity contribution is -0.134. The zero-order chi connectivity index (χ0) is 18.6. The fourth-order valence-corrected chi connectivity index (χ4v) is 4.24. The van der Waals surface area contributed by atoms with Crippen LogP contribution in [0.1, 0.15) is 38.8 Å². The number of rotatable bonds is 1. The highest BCUT2D eigenvalue weighted by atomic mass is 32.1. The molecule has 0 saturated carbocycles. The van der Waals surface area contributed by atoms with Crippen LogP contribution in [0, 0.1) is 0 Å². The van der Waals surface area contributed by atoms with Gasteiger partial charge >= 0.3 is 6.18 Å². The lowest BCUT2D eigenvalue weighted by atomic mass is 10.0. The molecule has 1 aliphatic heterocycles. The molecular formula is C16H12BF3N4OS. The second-order valence-electron chi connectivity index (χ2n) is 6.13. The number of carbonyl (C=O) groups is 1. The van der Waals surface area contributed by atoms with E-state index in [0.29, 0.717) is 34.5 Å². The van der Waals surface area contributed by atoms with Gasteiger partial charge in [-0.1, -0.05) is 5.46 Å². The van der Waals surface area contributed by atoms with Crippen molar-refractivity contribution in [3.8, 4) is 0 Å². The first-order valence-electron chi connectivity index (χ1n) is 7.85. The van der Waals surface area contributed by atoms with E-state index in [2.05, 4.69) is 10.1 Å². The van der Waals surface area contributed by atoms with Gasteiger partial charge in [0.2, 0.25) is 0 Å². The largest absolute Gasteiger partial charge is 0.425 e. The minimum atomic E-state index is -4.37. The molecule has 2 radical (unpaired) electrons. The molecular weight excluding hydrogens is 364 g/mol. The first-order chi connectivity index (χ1) is 12.2. The number of amides is 1. The number of alkyl halides is 3. The summed E-state index contributed by atoms with van der Waals surface area (Å²) < 4.78 is 40.3. The summed E-state index contributed by atoms with van der Waals surface area (Å²) >= 11 is 0.754. The van der Waals surface area contributed by atoms with Crippen molar-refractivity contribution in [3.63, 3.8) is 0 Å². The van der Waals surface area contributed by atoms with Crippen LogP contribution in [0.5, 0.6) is 0 Å². The predicted octanol–water partition coefficient (Wildman–Crippen LogP) is 2.36. The van der Waals surface area contributed by atoms with Crippen LogP contribution in [-0.4, -0.2) is 39.8 Å². The maximum atomic E-state index is 13.0. The van der Waals surface area contributed by atoms with Gasteiger partial charge < -0.3 is 4.90 Å². The fourth-order valence-electron chi connectivity index (χ4n) is 3.14. The van der Waals surface area contributed by atoms with E-state index in [0.717, 1.165) is 17.4 Å². The van der Waals surface area contributed by atoms with E-state index in [9.17, 15) is 18.0 Å².